The molecule has 0 aliphatic heterocycles. The van der Waals surface area contributed by atoms with Crippen molar-refractivity contribution in [1.82, 2.24) is 15.0 Å². The highest BCUT2D eigenvalue weighted by Gasteiger charge is 2.05. The highest BCUT2D eigenvalue weighted by molar-refractivity contribution is 7.59. The molecule has 0 fully saturated rings. The Kier molecular flexibility index (Phi) is 5.27. The van der Waals surface area contributed by atoms with Gasteiger partial charge in [0, 0.05) is 0 Å². The van der Waals surface area contributed by atoms with Gasteiger partial charge in [-0.3, -0.25) is 0 Å². The summed E-state index contributed by atoms with van der Waals surface area (Å²) in [6.45, 7) is 0. The molecule has 1 aromatic heterocycles. The Morgan fingerprint density at radius 1 is 0.882 bits per heavy atom. The van der Waals surface area contributed by atoms with E-state index in [1.54, 1.807) is 12.1 Å². The van der Waals surface area contributed by atoms with Crippen molar-refractivity contribution in [2.24, 2.45) is 0 Å². The maximum absolute atomic E-state index is 5.95. The second-order valence-electron chi connectivity index (χ2n) is 2.80. The number of benzene rings is 1. The zero-order valence-electron chi connectivity index (χ0n) is 8.28. The minimum atomic E-state index is 0. The highest BCUT2D eigenvalue weighted by Crippen LogP contribution is 2.23. The lowest BCUT2D eigenvalue weighted by molar-refractivity contribution is 1.05. The first-order chi connectivity index (χ1) is 7.65. The smallest absolute Gasteiger partial charge is 0.232 e. The second kappa shape index (κ2) is 6.26. The molecule has 0 radical (unpaired) electrons. The SMILES string of the molecule is Clc1nc(Cl)nc(Nc2ccccc2Cl)n1.S. The van der Waals surface area contributed by atoms with Crippen LogP contribution in [0.15, 0.2) is 24.3 Å². The van der Waals surface area contributed by atoms with E-state index in [2.05, 4.69) is 20.3 Å². The van der Waals surface area contributed by atoms with Crippen molar-refractivity contribution in [2.45, 2.75) is 0 Å². The first kappa shape index (κ1) is 14.3. The lowest BCUT2D eigenvalue weighted by Crippen LogP contribution is -1.99. The molecule has 0 aliphatic rings. The maximum atomic E-state index is 5.95. The van der Waals surface area contributed by atoms with E-state index >= 15 is 0 Å². The Labute approximate surface area is 120 Å². The molecule has 0 spiro atoms. The molecule has 2 rings (SSSR count). The molecule has 0 saturated heterocycles. The highest BCUT2D eigenvalue weighted by atomic mass is 35.5. The molecule has 1 N–H and O–H groups in total. The average Bonchev–Trinajstić information content (AvgIpc) is 2.20. The van der Waals surface area contributed by atoms with Crippen molar-refractivity contribution in [3.05, 3.63) is 39.9 Å². The van der Waals surface area contributed by atoms with Crippen molar-refractivity contribution in [3.8, 4) is 0 Å². The summed E-state index contributed by atoms with van der Waals surface area (Å²) >= 11 is 17.2. The Morgan fingerprint density at radius 2 is 1.47 bits per heavy atom. The third kappa shape index (κ3) is 3.89. The molecule has 8 heteroatoms. The maximum Gasteiger partial charge on any atom is 0.232 e. The molecule has 4 nitrogen and oxygen atoms in total. The van der Waals surface area contributed by atoms with E-state index in [-0.39, 0.29) is 30.0 Å². The Morgan fingerprint density at radius 3 is 2.06 bits per heavy atom. The van der Waals surface area contributed by atoms with E-state index in [0.29, 0.717) is 10.7 Å². The number of nitrogens with one attached hydrogen (secondary N) is 1. The predicted octanol–water partition coefficient (Wildman–Crippen LogP) is 3.69. The van der Waals surface area contributed by atoms with Gasteiger partial charge in [0.15, 0.2) is 0 Å². The molecule has 0 atom stereocenters. The molecule has 2 aromatic rings. The standard InChI is InChI=1S/C9H5Cl3N4.H2S/c10-5-3-1-2-4-6(5)13-9-15-7(11)14-8(12)16-9;/h1-4H,(H,13,14,15,16);1H2. The number of anilines is 2. The number of hydrogen-bond acceptors (Lipinski definition) is 4. The van der Waals surface area contributed by atoms with Gasteiger partial charge in [0.25, 0.3) is 0 Å². The van der Waals surface area contributed by atoms with E-state index < -0.39 is 0 Å². The van der Waals surface area contributed by atoms with Crippen molar-refractivity contribution in [2.75, 3.05) is 5.32 Å². The molecular formula is C9H7Cl3N4S. The van der Waals surface area contributed by atoms with E-state index in [1.807, 2.05) is 12.1 Å². The summed E-state index contributed by atoms with van der Waals surface area (Å²) in [5.74, 6) is 0.248. The summed E-state index contributed by atoms with van der Waals surface area (Å²) in [4.78, 5) is 11.4. The minimum absolute atomic E-state index is 0. The van der Waals surface area contributed by atoms with Crippen molar-refractivity contribution in [1.29, 1.82) is 0 Å². The van der Waals surface area contributed by atoms with Crippen molar-refractivity contribution >= 4 is 59.9 Å². The molecule has 1 aromatic carbocycles. The fourth-order valence-corrected chi connectivity index (χ4v) is 1.61. The van der Waals surface area contributed by atoms with Crippen LogP contribution >= 0.6 is 48.3 Å². The lowest BCUT2D eigenvalue weighted by Gasteiger charge is -2.06. The number of halogens is 3. The van der Waals surface area contributed by atoms with E-state index in [9.17, 15) is 0 Å². The van der Waals surface area contributed by atoms with E-state index in [0.717, 1.165) is 0 Å². The molecule has 90 valence electrons. The predicted molar refractivity (Wildman–Crippen MR) is 75.0 cm³/mol. The number of hydrogen-bond donors (Lipinski definition) is 1. The summed E-state index contributed by atoms with van der Waals surface area (Å²) in [5.41, 5.74) is 0.669. The van der Waals surface area contributed by atoms with Gasteiger partial charge in [0.2, 0.25) is 16.5 Å². The van der Waals surface area contributed by atoms with Crippen LogP contribution in [-0.4, -0.2) is 15.0 Å². The summed E-state index contributed by atoms with van der Waals surface area (Å²) in [5, 5.41) is 3.49. The summed E-state index contributed by atoms with van der Waals surface area (Å²) in [6, 6.07) is 7.18. The van der Waals surface area contributed by atoms with Gasteiger partial charge in [0.05, 0.1) is 10.7 Å². The van der Waals surface area contributed by atoms with E-state index in [1.165, 1.54) is 0 Å². The molecule has 17 heavy (non-hydrogen) atoms. The Hall–Kier alpha value is -0.750. The van der Waals surface area contributed by atoms with Crippen LogP contribution < -0.4 is 5.32 Å². The first-order valence-electron chi connectivity index (χ1n) is 4.24. The third-order valence-corrected chi connectivity index (χ3v) is 2.37. The van der Waals surface area contributed by atoms with Gasteiger partial charge in [-0.15, -0.1) is 0 Å². The molecule has 0 bridgehead atoms. The molecular weight excluding hydrogens is 303 g/mol. The quantitative estimate of drug-likeness (QED) is 0.919. The van der Waals surface area contributed by atoms with Crippen LogP contribution in [-0.2, 0) is 0 Å². The van der Waals surface area contributed by atoms with E-state index in [4.69, 9.17) is 34.8 Å². The fraction of sp³-hybridized carbons (Fsp3) is 0. The molecule has 0 unspecified atom stereocenters. The minimum Gasteiger partial charge on any atom is -0.323 e. The number of nitrogens with zero attached hydrogens (tertiary/aromatic N) is 3. The lowest BCUT2D eigenvalue weighted by atomic mass is 10.3. The summed E-state index contributed by atoms with van der Waals surface area (Å²) in [7, 11) is 0. The normalized spacial score (nSPS) is 9.59. The van der Waals surface area contributed by atoms with Gasteiger partial charge in [-0.05, 0) is 35.3 Å². The van der Waals surface area contributed by atoms with Crippen LogP contribution in [0.25, 0.3) is 0 Å². The molecule has 1 heterocycles. The monoisotopic (exact) mass is 308 g/mol. The van der Waals surface area contributed by atoms with Crippen LogP contribution in [0.4, 0.5) is 11.6 Å². The van der Waals surface area contributed by atoms with Gasteiger partial charge in [-0.1, -0.05) is 23.7 Å². The molecule has 0 aliphatic carbocycles. The second-order valence-corrected chi connectivity index (χ2v) is 3.89. The van der Waals surface area contributed by atoms with Gasteiger partial charge in [-0.25, -0.2) is 0 Å². The van der Waals surface area contributed by atoms with Crippen LogP contribution in [0, 0.1) is 0 Å². The van der Waals surface area contributed by atoms with Gasteiger partial charge in [0.1, 0.15) is 0 Å². The van der Waals surface area contributed by atoms with Crippen molar-refractivity contribution in [3.63, 3.8) is 0 Å². The van der Waals surface area contributed by atoms with Crippen LogP contribution in [0.5, 0.6) is 0 Å². The van der Waals surface area contributed by atoms with Crippen LogP contribution in [0.3, 0.4) is 0 Å². The van der Waals surface area contributed by atoms with Crippen LogP contribution in [0.1, 0.15) is 0 Å². The topological polar surface area (TPSA) is 50.7 Å². The van der Waals surface area contributed by atoms with Crippen LogP contribution in [0.2, 0.25) is 15.6 Å². The molecule has 0 amide bonds. The average molecular weight is 310 g/mol. The Bertz CT molecular complexity index is 503. The third-order valence-electron chi connectivity index (χ3n) is 1.70. The number of rotatable bonds is 2. The van der Waals surface area contributed by atoms with Gasteiger partial charge in [-0.2, -0.15) is 28.4 Å². The summed E-state index contributed by atoms with van der Waals surface area (Å²) in [6.07, 6.45) is 0. The number of para-hydroxylation sites is 1. The zero-order chi connectivity index (χ0) is 11.5. The summed E-state index contributed by atoms with van der Waals surface area (Å²) < 4.78 is 0. The number of aromatic nitrogens is 3. The fourth-order valence-electron chi connectivity index (χ4n) is 1.06. The van der Waals surface area contributed by atoms with Gasteiger partial charge < -0.3 is 5.32 Å². The van der Waals surface area contributed by atoms with Crippen molar-refractivity contribution < 1.29 is 0 Å². The largest absolute Gasteiger partial charge is 0.323 e. The molecule has 0 saturated carbocycles. The Balaban J connectivity index is 0.00000144. The first-order valence-corrected chi connectivity index (χ1v) is 5.37. The zero-order valence-corrected chi connectivity index (χ0v) is 11.6. The van der Waals surface area contributed by atoms with Gasteiger partial charge >= 0.3 is 0 Å².